The van der Waals surface area contributed by atoms with Gasteiger partial charge < -0.3 is 9.73 Å². The highest BCUT2D eigenvalue weighted by molar-refractivity contribution is 6.30. The lowest BCUT2D eigenvalue weighted by atomic mass is 10.3. The maximum atomic E-state index is 12.1. The summed E-state index contributed by atoms with van der Waals surface area (Å²) in [6.07, 6.45) is 1.37. The third kappa shape index (κ3) is 2.06. The highest BCUT2D eigenvalue weighted by Gasteiger charge is 2.19. The van der Waals surface area contributed by atoms with E-state index < -0.39 is 0 Å². The Labute approximate surface area is 113 Å². The summed E-state index contributed by atoms with van der Waals surface area (Å²) in [4.78, 5) is 16.0. The fraction of sp³-hybridized carbons (Fsp3) is 0.0833. The van der Waals surface area contributed by atoms with Crippen LogP contribution in [0, 0.1) is 6.92 Å². The van der Waals surface area contributed by atoms with Crippen molar-refractivity contribution in [3.63, 3.8) is 0 Å². The first-order valence-electron chi connectivity index (χ1n) is 5.51. The molecule has 1 aromatic carbocycles. The van der Waals surface area contributed by atoms with Gasteiger partial charge in [0, 0.05) is 10.7 Å². The Morgan fingerprint density at radius 3 is 3.05 bits per heavy atom. The van der Waals surface area contributed by atoms with E-state index in [-0.39, 0.29) is 17.5 Å². The van der Waals surface area contributed by atoms with Crippen LogP contribution < -0.4 is 5.32 Å². The molecule has 0 aliphatic heterocycles. The van der Waals surface area contributed by atoms with Crippen LogP contribution in [-0.4, -0.2) is 20.5 Å². The van der Waals surface area contributed by atoms with Crippen molar-refractivity contribution < 1.29 is 9.21 Å². The topological polar surface area (TPSA) is 72.4 Å². The number of halogens is 1. The number of carbonyl (C=O) groups is 1. The zero-order valence-corrected chi connectivity index (χ0v) is 10.7. The predicted octanol–water partition coefficient (Wildman–Crippen LogP) is 2.54. The van der Waals surface area contributed by atoms with Crippen molar-refractivity contribution in [2.24, 2.45) is 0 Å². The summed E-state index contributed by atoms with van der Waals surface area (Å²) in [6.45, 7) is 1.73. The first kappa shape index (κ1) is 11.7. The second-order valence-corrected chi connectivity index (χ2v) is 4.37. The van der Waals surface area contributed by atoms with Crippen molar-refractivity contribution in [1.29, 1.82) is 0 Å². The molecule has 0 atom stereocenters. The van der Waals surface area contributed by atoms with Crippen LogP contribution in [0.5, 0.6) is 0 Å². The average Bonchev–Trinajstić information content (AvgIpc) is 2.93. The SMILES string of the molecule is Cc1c(C(=O)Nc2cccc(Cl)c2)oc2ncnn12. The van der Waals surface area contributed by atoms with Gasteiger partial charge in [0.1, 0.15) is 6.33 Å². The fourth-order valence-electron chi connectivity index (χ4n) is 1.76. The predicted molar refractivity (Wildman–Crippen MR) is 69.4 cm³/mol. The minimum Gasteiger partial charge on any atom is -0.416 e. The molecule has 1 amide bonds. The van der Waals surface area contributed by atoms with Gasteiger partial charge in [-0.1, -0.05) is 17.7 Å². The molecule has 1 N–H and O–H groups in total. The molecule has 0 radical (unpaired) electrons. The van der Waals surface area contributed by atoms with Gasteiger partial charge in [0.05, 0.1) is 5.69 Å². The largest absolute Gasteiger partial charge is 0.416 e. The van der Waals surface area contributed by atoms with Crippen LogP contribution in [-0.2, 0) is 0 Å². The summed E-state index contributed by atoms with van der Waals surface area (Å²) in [7, 11) is 0. The molecule has 96 valence electrons. The van der Waals surface area contributed by atoms with Gasteiger partial charge in [-0.05, 0) is 25.1 Å². The molecule has 2 heterocycles. The van der Waals surface area contributed by atoms with E-state index in [9.17, 15) is 4.79 Å². The molecule has 6 nitrogen and oxygen atoms in total. The number of oxazole rings is 1. The molecule has 0 aliphatic rings. The van der Waals surface area contributed by atoms with Crippen LogP contribution in [0.3, 0.4) is 0 Å². The molecule has 3 aromatic rings. The summed E-state index contributed by atoms with van der Waals surface area (Å²) < 4.78 is 6.81. The average molecular weight is 277 g/mol. The van der Waals surface area contributed by atoms with Gasteiger partial charge in [0.15, 0.2) is 0 Å². The number of anilines is 1. The number of hydrogen-bond donors (Lipinski definition) is 1. The normalized spacial score (nSPS) is 10.8. The minimum atomic E-state index is -0.368. The highest BCUT2D eigenvalue weighted by atomic mass is 35.5. The van der Waals surface area contributed by atoms with E-state index in [1.807, 2.05) is 0 Å². The van der Waals surface area contributed by atoms with Crippen molar-refractivity contribution in [2.45, 2.75) is 6.92 Å². The second kappa shape index (κ2) is 4.40. The molecule has 0 saturated heterocycles. The monoisotopic (exact) mass is 276 g/mol. The summed E-state index contributed by atoms with van der Waals surface area (Å²) in [5.74, 6) is 0.0939. The fourth-order valence-corrected chi connectivity index (χ4v) is 1.95. The number of fused-ring (bicyclic) bond motifs is 1. The molecule has 3 rings (SSSR count). The van der Waals surface area contributed by atoms with Crippen molar-refractivity contribution in [1.82, 2.24) is 14.6 Å². The molecular formula is C12H9ClN4O2. The van der Waals surface area contributed by atoms with Crippen LogP contribution in [0.25, 0.3) is 5.84 Å². The smallest absolute Gasteiger partial charge is 0.325 e. The van der Waals surface area contributed by atoms with Gasteiger partial charge >= 0.3 is 5.84 Å². The second-order valence-electron chi connectivity index (χ2n) is 3.94. The van der Waals surface area contributed by atoms with E-state index in [0.29, 0.717) is 16.4 Å². The van der Waals surface area contributed by atoms with Gasteiger partial charge in [-0.25, -0.2) is 0 Å². The Morgan fingerprint density at radius 1 is 1.47 bits per heavy atom. The van der Waals surface area contributed by atoms with Crippen LogP contribution in [0.4, 0.5) is 5.69 Å². The third-order valence-corrected chi connectivity index (χ3v) is 2.88. The molecule has 0 spiro atoms. The quantitative estimate of drug-likeness (QED) is 0.781. The van der Waals surface area contributed by atoms with Gasteiger partial charge in [-0.2, -0.15) is 14.6 Å². The number of hydrogen-bond acceptors (Lipinski definition) is 4. The maximum absolute atomic E-state index is 12.1. The van der Waals surface area contributed by atoms with Crippen molar-refractivity contribution in [3.8, 4) is 0 Å². The van der Waals surface area contributed by atoms with Crippen LogP contribution in [0.1, 0.15) is 16.2 Å². The standard InChI is InChI=1S/C12H9ClN4O2/c1-7-10(19-12-14-6-15-17(7)12)11(18)16-9-4-2-3-8(13)5-9/h2-6H,1H3,(H,16,18). The first-order chi connectivity index (χ1) is 9.15. The molecule has 0 saturated carbocycles. The number of nitrogens with zero attached hydrogens (tertiary/aromatic N) is 3. The van der Waals surface area contributed by atoms with E-state index in [4.69, 9.17) is 16.0 Å². The molecule has 0 bridgehead atoms. The van der Waals surface area contributed by atoms with E-state index in [0.717, 1.165) is 0 Å². The molecule has 2 aromatic heterocycles. The van der Waals surface area contributed by atoms with E-state index >= 15 is 0 Å². The lowest BCUT2D eigenvalue weighted by molar-refractivity contribution is 0.0997. The van der Waals surface area contributed by atoms with Gasteiger partial charge in [0.25, 0.3) is 5.91 Å². The van der Waals surface area contributed by atoms with Crippen LogP contribution in [0.2, 0.25) is 5.02 Å². The molecule has 19 heavy (non-hydrogen) atoms. The molecular weight excluding hydrogens is 268 g/mol. The van der Waals surface area contributed by atoms with Crippen LogP contribution in [0.15, 0.2) is 35.0 Å². The maximum Gasteiger partial charge on any atom is 0.325 e. The third-order valence-electron chi connectivity index (χ3n) is 2.64. The number of benzene rings is 1. The van der Waals surface area contributed by atoms with Gasteiger partial charge in [-0.15, -0.1) is 0 Å². The number of carbonyl (C=O) groups excluding carboxylic acids is 1. The lowest BCUT2D eigenvalue weighted by Crippen LogP contribution is -2.12. The Hall–Kier alpha value is -2.34. The Bertz CT molecular complexity index is 762. The summed E-state index contributed by atoms with van der Waals surface area (Å²) in [6, 6.07) is 6.88. The molecule has 0 aliphatic carbocycles. The summed E-state index contributed by atoms with van der Waals surface area (Å²) in [5.41, 5.74) is 1.19. The van der Waals surface area contributed by atoms with Gasteiger partial charge in [-0.3, -0.25) is 4.79 Å². The lowest BCUT2D eigenvalue weighted by Gasteiger charge is -2.03. The number of amides is 1. The minimum absolute atomic E-state index is 0.176. The van der Waals surface area contributed by atoms with Crippen molar-refractivity contribution >= 4 is 29.0 Å². The van der Waals surface area contributed by atoms with E-state index in [1.54, 1.807) is 31.2 Å². The number of aryl methyl sites for hydroxylation is 1. The van der Waals surface area contributed by atoms with Gasteiger partial charge in [0.2, 0.25) is 5.76 Å². The summed E-state index contributed by atoms with van der Waals surface area (Å²) >= 11 is 5.85. The number of nitrogens with one attached hydrogen (secondary N) is 1. The Kier molecular flexibility index (Phi) is 2.72. The Morgan fingerprint density at radius 2 is 2.32 bits per heavy atom. The number of aromatic nitrogens is 3. The van der Waals surface area contributed by atoms with Crippen LogP contribution >= 0.6 is 11.6 Å². The van der Waals surface area contributed by atoms with Crippen molar-refractivity contribution in [2.75, 3.05) is 5.32 Å². The molecule has 7 heteroatoms. The first-order valence-corrected chi connectivity index (χ1v) is 5.89. The molecule has 0 fully saturated rings. The summed E-state index contributed by atoms with van der Waals surface area (Å²) in [5, 5.41) is 7.20. The number of rotatable bonds is 2. The van der Waals surface area contributed by atoms with E-state index in [1.165, 1.54) is 10.8 Å². The molecule has 0 unspecified atom stereocenters. The highest BCUT2D eigenvalue weighted by Crippen LogP contribution is 2.18. The zero-order valence-electron chi connectivity index (χ0n) is 9.92. The van der Waals surface area contributed by atoms with E-state index in [2.05, 4.69) is 15.4 Å². The zero-order chi connectivity index (χ0) is 13.4. The Balaban J connectivity index is 1.91. The van der Waals surface area contributed by atoms with Crippen molar-refractivity contribution in [3.05, 3.63) is 47.1 Å².